The lowest BCUT2D eigenvalue weighted by molar-refractivity contribution is -0.184. The Labute approximate surface area is 199 Å². The van der Waals surface area contributed by atoms with Crippen LogP contribution in [0.25, 0.3) is 11.2 Å². The van der Waals surface area contributed by atoms with Gasteiger partial charge in [-0.1, -0.05) is 0 Å². The van der Waals surface area contributed by atoms with E-state index < -0.39 is 48.6 Å². The Hall–Kier alpha value is -2.45. The van der Waals surface area contributed by atoms with Crippen molar-refractivity contribution in [2.75, 3.05) is 25.6 Å². The first-order chi connectivity index (χ1) is 16.2. The number of carbonyl (C=O) groups is 2. The number of halogens is 2. The van der Waals surface area contributed by atoms with Crippen LogP contribution in [0, 0.1) is 0 Å². The topological polar surface area (TPSA) is 172 Å². The van der Waals surface area contributed by atoms with Crippen LogP contribution in [0.1, 0.15) is 39.3 Å². The molecule has 3 heterocycles. The van der Waals surface area contributed by atoms with Gasteiger partial charge in [-0.3, -0.25) is 9.36 Å². The summed E-state index contributed by atoms with van der Waals surface area (Å²) in [6.45, 7) is 2.14. The molecule has 0 bridgehead atoms. The third-order valence-corrected chi connectivity index (χ3v) is 5.76. The Morgan fingerprint density at radius 1 is 1.38 bits per heavy atom. The van der Waals surface area contributed by atoms with Crippen molar-refractivity contribution in [1.82, 2.24) is 19.5 Å². The molecular weight excluding hydrogens is 477 g/mol. The Morgan fingerprint density at radius 2 is 2.12 bits per heavy atom. The number of aliphatic hydroxyl groups is 2. The summed E-state index contributed by atoms with van der Waals surface area (Å²) in [5.41, 5.74) is 4.08. The summed E-state index contributed by atoms with van der Waals surface area (Å²) in [5, 5.41) is 19.4. The van der Waals surface area contributed by atoms with Crippen LogP contribution in [-0.4, -0.2) is 85.3 Å². The monoisotopic (exact) mass is 503 g/mol. The van der Waals surface area contributed by atoms with E-state index in [4.69, 9.17) is 36.7 Å². The van der Waals surface area contributed by atoms with Gasteiger partial charge in [0.2, 0.25) is 10.9 Å². The lowest BCUT2D eigenvalue weighted by Gasteiger charge is -2.30. The van der Waals surface area contributed by atoms with Crippen LogP contribution in [0.4, 0.5) is 10.2 Å². The smallest absolute Gasteiger partial charge is 0.346 e. The summed E-state index contributed by atoms with van der Waals surface area (Å²) in [5.74, 6) is -1.53. The first kappa shape index (κ1) is 26.2. The number of hydrogen-bond acceptors (Lipinski definition) is 11. The maximum atomic E-state index is 15.1. The van der Waals surface area contributed by atoms with Gasteiger partial charge < -0.3 is 30.2 Å². The van der Waals surface area contributed by atoms with Crippen LogP contribution in [0.15, 0.2) is 6.33 Å². The van der Waals surface area contributed by atoms with Gasteiger partial charge >= 0.3 is 5.97 Å². The molecule has 2 aromatic heterocycles. The Kier molecular flexibility index (Phi) is 8.36. The van der Waals surface area contributed by atoms with E-state index in [1.54, 1.807) is 6.92 Å². The van der Waals surface area contributed by atoms with Crippen LogP contribution in [0.5, 0.6) is 0 Å². The maximum Gasteiger partial charge on any atom is 0.346 e. The molecule has 5 atom stereocenters. The zero-order valence-corrected chi connectivity index (χ0v) is 19.4. The van der Waals surface area contributed by atoms with Crippen molar-refractivity contribution >= 4 is 40.3 Å². The molecule has 0 aliphatic carbocycles. The Morgan fingerprint density at radius 3 is 2.76 bits per heavy atom. The van der Waals surface area contributed by atoms with Crippen molar-refractivity contribution < 1.29 is 38.4 Å². The average molecular weight is 504 g/mol. The van der Waals surface area contributed by atoms with Crippen molar-refractivity contribution in [3.05, 3.63) is 11.6 Å². The summed E-state index contributed by atoms with van der Waals surface area (Å²) in [6, 6.07) is 0. The highest BCUT2D eigenvalue weighted by molar-refractivity contribution is 6.28. The number of fused-ring (bicyclic) bond motifs is 1. The van der Waals surface area contributed by atoms with Crippen LogP contribution in [-0.2, 0) is 23.8 Å². The van der Waals surface area contributed by atoms with E-state index >= 15 is 4.39 Å². The summed E-state index contributed by atoms with van der Waals surface area (Å²) in [6.07, 6.45) is -4.39. The van der Waals surface area contributed by atoms with E-state index in [-0.39, 0.29) is 41.9 Å². The molecule has 3 rings (SSSR count). The highest BCUT2D eigenvalue weighted by atomic mass is 35.5. The van der Waals surface area contributed by atoms with Crippen molar-refractivity contribution in [3.63, 3.8) is 0 Å². The van der Waals surface area contributed by atoms with Gasteiger partial charge in [-0.2, -0.15) is 9.97 Å². The zero-order valence-electron chi connectivity index (χ0n) is 18.7. The lowest BCUT2D eigenvalue weighted by atomic mass is 9.92. The third kappa shape index (κ3) is 4.98. The molecule has 4 N–H and O–H groups in total. The van der Waals surface area contributed by atoms with Crippen molar-refractivity contribution in [2.24, 2.45) is 0 Å². The lowest BCUT2D eigenvalue weighted by Crippen LogP contribution is -2.51. The fourth-order valence-corrected chi connectivity index (χ4v) is 3.95. The van der Waals surface area contributed by atoms with Crippen molar-refractivity contribution in [1.29, 1.82) is 0 Å². The molecule has 1 fully saturated rings. The van der Waals surface area contributed by atoms with Gasteiger partial charge in [0.05, 0.1) is 19.5 Å². The first-order valence-corrected chi connectivity index (χ1v) is 11.1. The summed E-state index contributed by atoms with van der Waals surface area (Å²) < 4.78 is 32.7. The van der Waals surface area contributed by atoms with E-state index in [2.05, 4.69) is 15.0 Å². The number of imidazole rings is 1. The highest BCUT2D eigenvalue weighted by Gasteiger charge is 2.50. The number of unbranched alkanes of at least 4 members (excludes halogenated alkanes) is 1. The number of carbonyl (C=O) groups excluding carboxylic acids is 2. The van der Waals surface area contributed by atoms with Gasteiger partial charge in [0.15, 0.2) is 29.6 Å². The first-order valence-electron chi connectivity index (χ1n) is 10.7. The standard InChI is InChI=1S/C20H27ClFN5O7/c1-3-32-18(31)20(10(2)29,6-4-5-7-28)33-8-11-14(30)12(22)17(34-11)27-9-24-13-15(23)25-19(21)26-16(13)27/h9,11-12,14,17,28,30H,3-8H2,1-2H3,(H2,23,25,26)/t11-,12+,14-,17-,20?/m1/s1. The largest absolute Gasteiger partial charge is 0.464 e. The van der Waals surface area contributed by atoms with Gasteiger partial charge in [-0.05, 0) is 44.7 Å². The molecule has 0 aromatic carbocycles. The van der Waals surface area contributed by atoms with Gasteiger partial charge in [0.1, 0.15) is 17.7 Å². The van der Waals surface area contributed by atoms with Gasteiger partial charge in [-0.15, -0.1) is 0 Å². The van der Waals surface area contributed by atoms with E-state index in [9.17, 15) is 14.7 Å². The molecule has 14 heteroatoms. The number of esters is 1. The van der Waals surface area contributed by atoms with E-state index in [0.29, 0.717) is 12.8 Å². The molecular formula is C20H27ClFN5O7. The number of nitrogen functional groups attached to an aromatic ring is 1. The molecule has 188 valence electrons. The molecule has 1 aliphatic heterocycles. The van der Waals surface area contributed by atoms with Gasteiger partial charge in [0.25, 0.3) is 0 Å². The number of nitrogens with zero attached hydrogens (tertiary/aromatic N) is 4. The number of hydrogen-bond donors (Lipinski definition) is 3. The number of aliphatic hydroxyl groups excluding tert-OH is 2. The van der Waals surface area contributed by atoms with E-state index in [1.807, 2.05) is 0 Å². The van der Waals surface area contributed by atoms with E-state index in [1.165, 1.54) is 17.8 Å². The molecule has 0 radical (unpaired) electrons. The van der Waals surface area contributed by atoms with Crippen molar-refractivity contribution in [3.8, 4) is 0 Å². The quantitative estimate of drug-likeness (QED) is 0.171. The predicted molar refractivity (Wildman–Crippen MR) is 116 cm³/mol. The second-order valence-electron chi connectivity index (χ2n) is 7.80. The fraction of sp³-hybridized carbons (Fsp3) is 0.650. The maximum absolute atomic E-state index is 15.1. The number of ether oxygens (including phenoxy) is 3. The molecule has 12 nitrogen and oxygen atoms in total. The van der Waals surface area contributed by atoms with Crippen LogP contribution in [0.3, 0.4) is 0 Å². The highest BCUT2D eigenvalue weighted by Crippen LogP contribution is 2.35. The third-order valence-electron chi connectivity index (χ3n) is 5.59. The van der Waals surface area contributed by atoms with Crippen molar-refractivity contribution in [2.45, 2.75) is 63.3 Å². The number of nitrogens with two attached hydrogens (primary N) is 1. The number of Topliss-reactive ketones (excluding diaryl/α,β-unsaturated/α-hetero) is 1. The van der Waals surface area contributed by atoms with E-state index in [0.717, 1.165) is 0 Å². The summed E-state index contributed by atoms with van der Waals surface area (Å²) >= 11 is 5.85. The second kappa shape index (κ2) is 10.9. The minimum absolute atomic E-state index is 0.00820. The Bertz CT molecular complexity index is 1040. The second-order valence-corrected chi connectivity index (χ2v) is 8.14. The summed E-state index contributed by atoms with van der Waals surface area (Å²) in [7, 11) is 0. The average Bonchev–Trinajstić information content (AvgIpc) is 3.32. The minimum atomic E-state index is -1.98. The fourth-order valence-electron chi connectivity index (χ4n) is 3.77. The molecule has 34 heavy (non-hydrogen) atoms. The molecule has 0 saturated carbocycles. The van der Waals surface area contributed by atoms with Gasteiger partial charge in [0, 0.05) is 6.61 Å². The number of anilines is 1. The minimum Gasteiger partial charge on any atom is -0.464 e. The molecule has 0 amide bonds. The molecule has 0 spiro atoms. The van der Waals surface area contributed by atoms with Crippen LogP contribution < -0.4 is 5.73 Å². The number of alkyl halides is 1. The SMILES string of the molecule is CCOC(=O)C(CCCCO)(OC[C@H]1O[C@@H](n2cnc3c(N)nc(Cl)nc32)[C@@H](F)[C@@H]1O)C(C)=O. The normalized spacial score (nSPS) is 24.3. The van der Waals surface area contributed by atoms with Gasteiger partial charge in [-0.25, -0.2) is 14.2 Å². The predicted octanol–water partition coefficient (Wildman–Crippen LogP) is 0.728. The molecule has 1 aliphatic rings. The number of aromatic nitrogens is 4. The molecule has 2 aromatic rings. The molecule has 1 unspecified atom stereocenters. The Balaban J connectivity index is 1.82. The summed E-state index contributed by atoms with van der Waals surface area (Å²) in [4.78, 5) is 37.0. The number of rotatable bonds is 11. The van der Waals surface area contributed by atoms with Crippen LogP contribution >= 0.6 is 11.6 Å². The number of ketones is 1. The molecule has 1 saturated heterocycles. The zero-order chi connectivity index (χ0) is 25.0. The van der Waals surface area contributed by atoms with Crippen LogP contribution in [0.2, 0.25) is 5.28 Å².